The minimum atomic E-state index is -1.69. The lowest BCUT2D eigenvalue weighted by molar-refractivity contribution is -0.152. The van der Waals surface area contributed by atoms with Crippen LogP contribution in [0.25, 0.3) is 0 Å². The smallest absolute Gasteiger partial charge is 0.356 e. The molecule has 0 bridgehead atoms. The van der Waals surface area contributed by atoms with Gasteiger partial charge in [-0.15, -0.1) is 0 Å². The van der Waals surface area contributed by atoms with Gasteiger partial charge in [0, 0.05) is 16.7 Å². The highest BCUT2D eigenvalue weighted by Gasteiger charge is 2.70. The summed E-state index contributed by atoms with van der Waals surface area (Å²) in [5.74, 6) is -1.44. The molecule has 8 atom stereocenters. The van der Waals surface area contributed by atoms with Crippen LogP contribution < -0.4 is 0 Å². The number of carbonyl (C=O) groups is 1. The van der Waals surface area contributed by atoms with Gasteiger partial charge >= 0.3 is 5.97 Å². The lowest BCUT2D eigenvalue weighted by atomic mass is 9.46. The predicted octanol–water partition coefficient (Wildman–Crippen LogP) is 3.54. The third kappa shape index (κ3) is 3.44. The fourth-order valence-corrected chi connectivity index (χ4v) is 7.77. The molecule has 3 N–H and O–H groups in total. The predicted molar refractivity (Wildman–Crippen MR) is 128 cm³/mol. The van der Waals surface area contributed by atoms with Crippen LogP contribution in [0.1, 0.15) is 60.3 Å². The van der Waals surface area contributed by atoms with Gasteiger partial charge in [-0.05, 0) is 69.4 Å². The van der Waals surface area contributed by atoms with Crippen molar-refractivity contribution in [3.63, 3.8) is 0 Å². The Balaban J connectivity index is 1.73. The Kier molecular flexibility index (Phi) is 6.44. The number of rotatable bonds is 6. The maximum Gasteiger partial charge on any atom is 0.356 e. The number of hydrogen-bond donors (Lipinski definition) is 3. The van der Waals surface area contributed by atoms with E-state index in [1.807, 2.05) is 26.8 Å². The molecular weight excluding hydrogens is 436 g/mol. The van der Waals surface area contributed by atoms with Gasteiger partial charge in [-0.25, -0.2) is 4.79 Å². The number of fused-ring (bicyclic) bond motifs is 5. The van der Waals surface area contributed by atoms with E-state index < -0.39 is 23.1 Å². The van der Waals surface area contributed by atoms with Gasteiger partial charge < -0.3 is 25.0 Å². The number of aliphatic hydroxyl groups excluding tert-OH is 1. The number of allylic oxidation sites excluding steroid dienone is 4. The number of carboxylic acid groups (broad SMARTS) is 1. The summed E-state index contributed by atoms with van der Waals surface area (Å²) in [6, 6.07) is 0. The van der Waals surface area contributed by atoms with Gasteiger partial charge in [0.2, 0.25) is 0 Å². The highest BCUT2D eigenvalue weighted by Crippen LogP contribution is 2.68. The van der Waals surface area contributed by atoms with Crippen LogP contribution in [0.2, 0.25) is 0 Å². The summed E-state index contributed by atoms with van der Waals surface area (Å²) in [4.78, 5) is 22.5. The van der Waals surface area contributed by atoms with E-state index in [1.54, 1.807) is 6.92 Å². The molecule has 0 aromatic carbocycles. The van der Waals surface area contributed by atoms with E-state index in [1.165, 1.54) is 5.57 Å². The van der Waals surface area contributed by atoms with E-state index in [-0.39, 0.29) is 41.4 Å². The Bertz CT molecular complexity index is 957. The van der Waals surface area contributed by atoms with Gasteiger partial charge in [0.1, 0.15) is 24.5 Å². The Morgan fingerprint density at radius 2 is 1.94 bits per heavy atom. The van der Waals surface area contributed by atoms with Crippen LogP contribution in [-0.2, 0) is 14.5 Å². The SMILES string of the molecule is CCON=C1C=C[C@@]2(C)C(=C1)CC[C@@H]1[C@@H]2[C@@H](O)C[C@@]2(C)[C@H]1C[C@@H](C)[C@]2(O)C(=NOCC)C(=O)O. The minimum Gasteiger partial charge on any atom is -0.477 e. The molecule has 3 fully saturated rings. The van der Waals surface area contributed by atoms with E-state index in [9.17, 15) is 20.1 Å². The molecule has 188 valence electrons. The molecule has 8 nitrogen and oxygen atoms in total. The summed E-state index contributed by atoms with van der Waals surface area (Å²) in [7, 11) is 0. The minimum absolute atomic E-state index is 0.0258. The highest BCUT2D eigenvalue weighted by atomic mass is 16.6. The lowest BCUT2D eigenvalue weighted by Crippen LogP contribution is -2.63. The molecule has 0 spiro atoms. The van der Waals surface area contributed by atoms with Gasteiger partial charge in [-0.2, -0.15) is 0 Å². The van der Waals surface area contributed by atoms with E-state index >= 15 is 0 Å². The van der Waals surface area contributed by atoms with Crippen molar-refractivity contribution in [3.05, 3.63) is 23.8 Å². The van der Waals surface area contributed by atoms with Crippen molar-refractivity contribution in [3.8, 4) is 0 Å². The molecule has 4 rings (SSSR count). The zero-order valence-corrected chi connectivity index (χ0v) is 20.8. The quantitative estimate of drug-likeness (QED) is 0.400. The first-order valence-electron chi connectivity index (χ1n) is 12.5. The third-order valence-corrected chi connectivity index (χ3v) is 9.24. The molecule has 3 saturated carbocycles. The first-order chi connectivity index (χ1) is 16.0. The molecule has 4 aliphatic carbocycles. The molecule has 4 aliphatic rings. The zero-order chi connectivity index (χ0) is 24.9. The Labute approximate surface area is 201 Å². The summed E-state index contributed by atoms with van der Waals surface area (Å²) >= 11 is 0. The molecular formula is C26H38N2O6. The van der Waals surface area contributed by atoms with Crippen LogP contribution in [0.5, 0.6) is 0 Å². The van der Waals surface area contributed by atoms with E-state index in [0.29, 0.717) is 19.4 Å². The fraction of sp³-hybridized carbons (Fsp3) is 0.731. The summed E-state index contributed by atoms with van der Waals surface area (Å²) in [5, 5.41) is 41.6. The normalized spacial score (nSPS) is 44.7. The van der Waals surface area contributed by atoms with E-state index in [0.717, 1.165) is 18.6 Å². The maximum atomic E-state index is 12.2. The van der Waals surface area contributed by atoms with Crippen LogP contribution in [0, 0.1) is 34.5 Å². The van der Waals surface area contributed by atoms with Crippen molar-refractivity contribution in [1.82, 2.24) is 0 Å². The van der Waals surface area contributed by atoms with Crippen molar-refractivity contribution in [2.45, 2.75) is 72.0 Å². The summed E-state index contributed by atoms with van der Waals surface area (Å²) < 4.78 is 0. The molecule has 0 radical (unpaired) electrons. The number of hydrogen-bond acceptors (Lipinski definition) is 7. The first-order valence-corrected chi connectivity index (χ1v) is 12.5. The number of oxime groups is 2. The Morgan fingerprint density at radius 3 is 2.59 bits per heavy atom. The topological polar surface area (TPSA) is 121 Å². The van der Waals surface area contributed by atoms with Crippen molar-refractivity contribution in [2.75, 3.05) is 13.2 Å². The molecule has 0 amide bonds. The monoisotopic (exact) mass is 474 g/mol. The molecule has 0 aromatic heterocycles. The van der Waals surface area contributed by atoms with E-state index in [4.69, 9.17) is 9.68 Å². The van der Waals surface area contributed by atoms with Crippen LogP contribution in [0.15, 0.2) is 34.1 Å². The van der Waals surface area contributed by atoms with Crippen LogP contribution in [-0.4, -0.2) is 57.6 Å². The highest BCUT2D eigenvalue weighted by molar-refractivity contribution is 6.39. The fourth-order valence-electron chi connectivity index (χ4n) is 7.77. The van der Waals surface area contributed by atoms with Gasteiger partial charge in [0.15, 0.2) is 5.71 Å². The third-order valence-electron chi connectivity index (χ3n) is 9.24. The maximum absolute atomic E-state index is 12.2. The molecule has 0 aliphatic heterocycles. The van der Waals surface area contributed by atoms with Crippen LogP contribution >= 0.6 is 0 Å². The van der Waals surface area contributed by atoms with Crippen molar-refractivity contribution in [1.29, 1.82) is 0 Å². The van der Waals surface area contributed by atoms with Crippen molar-refractivity contribution < 1.29 is 29.8 Å². The largest absolute Gasteiger partial charge is 0.477 e. The molecule has 34 heavy (non-hydrogen) atoms. The van der Waals surface area contributed by atoms with Crippen LogP contribution in [0.4, 0.5) is 0 Å². The summed E-state index contributed by atoms with van der Waals surface area (Å²) in [6.45, 7) is 10.3. The average molecular weight is 475 g/mol. The zero-order valence-electron chi connectivity index (χ0n) is 20.8. The second kappa shape index (κ2) is 8.79. The van der Waals surface area contributed by atoms with Gasteiger partial charge in [0.25, 0.3) is 0 Å². The number of aliphatic carboxylic acids is 1. The second-order valence-corrected chi connectivity index (χ2v) is 10.8. The molecule has 0 unspecified atom stereocenters. The van der Waals surface area contributed by atoms with Crippen LogP contribution in [0.3, 0.4) is 0 Å². The standard InChI is InChI=1S/C26H38N2O6/c1-6-33-27-17-10-11-24(4)16(13-17)8-9-18-19-12-15(3)26(32,22(23(30)31)28-34-7-2)25(19,5)14-20(29)21(18)24/h10-11,13,15,18-21,29,32H,6-9,12,14H2,1-5H3,(H,30,31)/t15-,18+,19+,20+,21-,24+,25+,26+/m1/s1. The molecule has 8 heteroatoms. The number of carboxylic acids is 1. The second-order valence-electron chi connectivity index (χ2n) is 10.8. The summed E-state index contributed by atoms with van der Waals surface area (Å²) in [5.41, 5.74) is -1.18. The Hall–Kier alpha value is -2.19. The summed E-state index contributed by atoms with van der Waals surface area (Å²) in [6.07, 6.45) is 8.19. The molecule has 0 heterocycles. The molecule has 0 saturated heterocycles. The van der Waals surface area contributed by atoms with Crippen molar-refractivity contribution >= 4 is 17.4 Å². The first kappa shape index (κ1) is 24.9. The van der Waals surface area contributed by atoms with Gasteiger partial charge in [-0.3, -0.25) is 0 Å². The lowest BCUT2D eigenvalue weighted by Gasteiger charge is -2.59. The average Bonchev–Trinajstić information content (AvgIpc) is 2.98. The van der Waals surface area contributed by atoms with Crippen molar-refractivity contribution in [2.24, 2.45) is 44.8 Å². The number of nitrogens with zero attached hydrogens (tertiary/aromatic N) is 2. The Morgan fingerprint density at radius 1 is 1.24 bits per heavy atom. The van der Waals surface area contributed by atoms with E-state index in [2.05, 4.69) is 29.4 Å². The van der Waals surface area contributed by atoms with Gasteiger partial charge in [-0.1, -0.05) is 42.7 Å². The molecule has 0 aromatic rings. The number of aliphatic hydroxyl groups is 2. The van der Waals surface area contributed by atoms with Gasteiger partial charge in [0.05, 0.1) is 6.10 Å².